The van der Waals surface area contributed by atoms with E-state index in [9.17, 15) is 56.9 Å². The third-order valence-electron chi connectivity index (χ3n) is 9.62. The number of aromatic nitrogens is 3. The van der Waals surface area contributed by atoms with Crippen LogP contribution in [0.25, 0.3) is 10.9 Å². The van der Waals surface area contributed by atoms with Crippen molar-refractivity contribution in [3.05, 3.63) is 84.1 Å². The number of benzene rings is 2. The minimum Gasteiger partial charge on any atom is -0.508 e. The van der Waals surface area contributed by atoms with E-state index in [1.807, 2.05) is 23.6 Å². The van der Waals surface area contributed by atoms with Crippen LogP contribution in [0, 0.1) is 0 Å². The minimum atomic E-state index is -5.08. The van der Waals surface area contributed by atoms with Crippen molar-refractivity contribution in [2.24, 2.45) is 5.84 Å². The average Bonchev–Trinajstić information content (AvgIpc) is 4.04. The Morgan fingerprint density at radius 3 is 1.95 bits per heavy atom. The van der Waals surface area contributed by atoms with Gasteiger partial charge in [0.2, 0.25) is 35.4 Å². The number of carbonyl (C=O) groups excluding carboxylic acids is 7. The fourth-order valence-electron chi connectivity index (χ4n) is 6.23. The van der Waals surface area contributed by atoms with Crippen molar-refractivity contribution in [1.82, 2.24) is 52.3 Å². The van der Waals surface area contributed by atoms with Gasteiger partial charge in [0.15, 0.2) is 0 Å². The summed E-state index contributed by atoms with van der Waals surface area (Å²) in [6, 6.07) is 5.52. The maximum absolute atomic E-state index is 14.1. The highest BCUT2D eigenvalue weighted by Crippen LogP contribution is 2.20. The van der Waals surface area contributed by atoms with Crippen LogP contribution >= 0.6 is 0 Å². The molecule has 0 unspecified atom stereocenters. The van der Waals surface area contributed by atoms with Crippen LogP contribution in [0.4, 0.5) is 13.2 Å². The molecule has 25 heteroatoms. The lowest BCUT2D eigenvalue weighted by Crippen LogP contribution is -2.61. The van der Waals surface area contributed by atoms with Gasteiger partial charge < -0.3 is 57.2 Å². The topological polar surface area (TPSA) is 352 Å². The minimum absolute atomic E-state index is 0.0355. The number of H-pyrrole nitrogens is 2. The molecule has 3 heterocycles. The van der Waals surface area contributed by atoms with Crippen molar-refractivity contribution in [2.45, 2.75) is 81.5 Å². The van der Waals surface area contributed by atoms with E-state index in [4.69, 9.17) is 15.7 Å². The summed E-state index contributed by atoms with van der Waals surface area (Å²) in [5.41, 5.74) is 4.31. The maximum atomic E-state index is 14.1. The van der Waals surface area contributed by atoms with Crippen molar-refractivity contribution in [3.63, 3.8) is 0 Å². The SMILES string of the molecule is C[C@@H](NC(=O)[C@H](Cc1ccc(O)cc1)NC(=O)[C@H](CO)NC(=O)[C@H](Cc1c[nH]c2ccccc12)NC(=O)[C@H](Cc1cnc[nH]1)NC(=O)[C@@H]1CCC(=O)N1)C(=O)NN.O=C(O)C(F)(F)F. The number of hydrogen-bond acceptors (Lipinski definition) is 12. The van der Waals surface area contributed by atoms with E-state index < -0.39 is 90.4 Å². The Hall–Kier alpha value is -7.54. The van der Waals surface area contributed by atoms with Crippen LogP contribution in [0.3, 0.4) is 0 Å². The number of hydrogen-bond donors (Lipinski definition) is 13. The smallest absolute Gasteiger partial charge is 0.490 e. The predicted octanol–water partition coefficient (Wildman–Crippen LogP) is -2.04. The molecule has 1 aliphatic heterocycles. The molecule has 6 atom stereocenters. The number of imidazole rings is 1. The molecule has 4 aromatic rings. The van der Waals surface area contributed by atoms with Crippen LogP contribution in [-0.2, 0) is 57.6 Å². The van der Waals surface area contributed by atoms with Crippen molar-refractivity contribution >= 4 is 58.2 Å². The number of para-hydroxylation sites is 1. The van der Waals surface area contributed by atoms with Crippen molar-refractivity contribution < 1.29 is 66.8 Å². The molecule has 2 aromatic heterocycles. The molecule has 344 valence electrons. The second kappa shape index (κ2) is 22.5. The van der Waals surface area contributed by atoms with Gasteiger partial charge in [-0.05, 0) is 42.7 Å². The first-order valence-electron chi connectivity index (χ1n) is 19.3. The molecular weight excluding hydrogens is 855 g/mol. The summed E-state index contributed by atoms with van der Waals surface area (Å²) in [4.78, 5) is 111. The van der Waals surface area contributed by atoms with Gasteiger partial charge in [-0.25, -0.2) is 15.6 Å². The lowest BCUT2D eigenvalue weighted by Gasteiger charge is -2.26. The van der Waals surface area contributed by atoms with Gasteiger partial charge in [-0.15, -0.1) is 0 Å². The molecule has 5 rings (SSSR count). The van der Waals surface area contributed by atoms with Gasteiger partial charge >= 0.3 is 12.1 Å². The molecule has 64 heavy (non-hydrogen) atoms. The standard InChI is InChI=1S/C37H45N11O9.C2HF3O2/c1-19(32(52)48-38)42-34(54)27(12-20-6-8-23(50)9-7-20)44-37(57)30(17-49)47-35(55)28(13-21-15-40-25-5-3-2-4-24(21)25)45-36(56)29(14-22-16-39-18-41-22)46-33(53)26-10-11-31(51)43-26;3-2(4,5)1(6)7/h2-9,15-16,18-19,26-30,40,49-50H,10-14,17,38H2,1H3,(H,39,41)(H,42,54)(H,43,51)(H,44,57)(H,45,56)(H,46,53)(H,47,55)(H,48,52);(H,6,7)/t19-,26+,27+,28+,29+,30+;/m1./s1. The van der Waals surface area contributed by atoms with Crippen LogP contribution in [-0.4, -0.2) is 127 Å². The van der Waals surface area contributed by atoms with E-state index in [1.54, 1.807) is 12.3 Å². The highest BCUT2D eigenvalue weighted by molar-refractivity contribution is 5.98. The van der Waals surface area contributed by atoms with Gasteiger partial charge in [0.25, 0.3) is 5.91 Å². The third-order valence-corrected chi connectivity index (χ3v) is 9.62. The number of aliphatic carboxylic acids is 1. The molecule has 14 N–H and O–H groups in total. The number of halogens is 3. The number of phenolic OH excluding ortho intramolecular Hbond substituents is 1. The first-order chi connectivity index (χ1) is 30.3. The van der Waals surface area contributed by atoms with Crippen LogP contribution < -0.4 is 43.2 Å². The number of nitrogens with zero attached hydrogens (tertiary/aromatic N) is 1. The van der Waals surface area contributed by atoms with Gasteiger partial charge in [-0.2, -0.15) is 13.2 Å². The van der Waals surface area contributed by atoms with Gasteiger partial charge in [0.05, 0.1) is 12.9 Å². The number of aromatic hydroxyl groups is 1. The number of hydrazine groups is 1. The zero-order chi connectivity index (χ0) is 47.1. The molecule has 0 spiro atoms. The first-order valence-corrected chi connectivity index (χ1v) is 19.3. The van der Waals surface area contributed by atoms with E-state index >= 15 is 0 Å². The number of aliphatic hydroxyl groups excluding tert-OH is 1. The van der Waals surface area contributed by atoms with E-state index in [1.165, 1.54) is 43.7 Å². The summed E-state index contributed by atoms with van der Waals surface area (Å²) >= 11 is 0. The fraction of sp³-hybridized carbons (Fsp3) is 0.359. The molecule has 1 saturated heterocycles. The number of alkyl halides is 3. The Bertz CT molecular complexity index is 2290. The number of rotatable bonds is 18. The number of phenols is 1. The summed E-state index contributed by atoms with van der Waals surface area (Å²) < 4.78 is 31.7. The van der Waals surface area contributed by atoms with Crippen LogP contribution in [0.2, 0.25) is 0 Å². The summed E-state index contributed by atoms with van der Waals surface area (Å²) in [5.74, 6) is -2.62. The summed E-state index contributed by atoms with van der Waals surface area (Å²) in [7, 11) is 0. The quantitative estimate of drug-likeness (QED) is 0.0291. The fourth-order valence-corrected chi connectivity index (χ4v) is 6.23. The van der Waals surface area contributed by atoms with Gasteiger partial charge in [-0.3, -0.25) is 39.0 Å². The average molecular weight is 902 g/mol. The molecule has 1 fully saturated rings. The second-order valence-corrected chi connectivity index (χ2v) is 14.3. The Morgan fingerprint density at radius 2 is 1.39 bits per heavy atom. The largest absolute Gasteiger partial charge is 0.508 e. The number of aromatic amines is 2. The molecule has 22 nitrogen and oxygen atoms in total. The molecule has 0 saturated carbocycles. The first kappa shape index (κ1) is 49.1. The lowest BCUT2D eigenvalue weighted by molar-refractivity contribution is -0.192. The summed E-state index contributed by atoms with van der Waals surface area (Å²) in [5, 5.41) is 43.3. The Kier molecular flexibility index (Phi) is 17.3. The van der Waals surface area contributed by atoms with Crippen molar-refractivity contribution in [2.75, 3.05) is 6.61 Å². The number of carboxylic acids is 1. The van der Waals surface area contributed by atoms with Gasteiger partial charge in [0, 0.05) is 54.7 Å². The Balaban J connectivity index is 0.00000118. The molecule has 0 aliphatic carbocycles. The molecule has 2 aromatic carbocycles. The highest BCUT2D eigenvalue weighted by Gasteiger charge is 2.38. The van der Waals surface area contributed by atoms with E-state index in [0.717, 1.165) is 10.9 Å². The normalized spacial score (nSPS) is 15.7. The zero-order valence-electron chi connectivity index (χ0n) is 33.8. The number of aliphatic hydroxyl groups is 1. The Labute approximate surface area is 360 Å². The number of nitrogens with one attached hydrogen (secondary N) is 9. The van der Waals surface area contributed by atoms with Crippen molar-refractivity contribution in [1.29, 1.82) is 0 Å². The molecule has 1 aliphatic rings. The number of amides is 7. The molecule has 0 radical (unpaired) electrons. The molecule has 0 bridgehead atoms. The number of carboxylic acid groups (broad SMARTS) is 1. The van der Waals surface area contributed by atoms with Crippen molar-refractivity contribution in [3.8, 4) is 5.75 Å². The Morgan fingerprint density at radius 1 is 0.812 bits per heavy atom. The van der Waals surface area contributed by atoms with Crippen LogP contribution in [0.15, 0.2) is 67.3 Å². The number of fused-ring (bicyclic) bond motifs is 1. The van der Waals surface area contributed by atoms with Crippen LogP contribution in [0.5, 0.6) is 5.75 Å². The number of nitrogens with two attached hydrogens (primary N) is 1. The number of carbonyl (C=O) groups is 8. The maximum Gasteiger partial charge on any atom is 0.490 e. The zero-order valence-corrected chi connectivity index (χ0v) is 33.8. The highest BCUT2D eigenvalue weighted by atomic mass is 19.4. The van der Waals surface area contributed by atoms with E-state index in [-0.39, 0.29) is 43.8 Å². The lowest BCUT2D eigenvalue weighted by atomic mass is 10.0. The van der Waals surface area contributed by atoms with E-state index in [2.05, 4.69) is 46.9 Å². The molecule has 7 amide bonds. The predicted molar refractivity (Wildman–Crippen MR) is 216 cm³/mol. The second-order valence-electron chi connectivity index (χ2n) is 14.3. The van der Waals surface area contributed by atoms with Crippen LogP contribution in [0.1, 0.15) is 36.6 Å². The summed E-state index contributed by atoms with van der Waals surface area (Å²) in [6.45, 7) is 0.451. The van der Waals surface area contributed by atoms with Gasteiger partial charge in [-0.1, -0.05) is 30.3 Å². The van der Waals surface area contributed by atoms with E-state index in [0.29, 0.717) is 16.8 Å². The third kappa shape index (κ3) is 14.3. The molecular formula is C39H46F3N11O11. The summed E-state index contributed by atoms with van der Waals surface area (Å²) in [6.07, 6.45) is -0.449. The monoisotopic (exact) mass is 901 g/mol. The van der Waals surface area contributed by atoms with Gasteiger partial charge in [0.1, 0.15) is 42.0 Å².